The molecular weight excluding hydrogens is 262 g/mol. The van der Waals surface area contributed by atoms with Crippen molar-refractivity contribution in [2.24, 2.45) is 0 Å². The summed E-state index contributed by atoms with van der Waals surface area (Å²) in [6, 6.07) is -0.225. The van der Waals surface area contributed by atoms with Gasteiger partial charge in [0.15, 0.2) is 0 Å². The quantitative estimate of drug-likeness (QED) is 0.749. The van der Waals surface area contributed by atoms with Crippen LogP contribution >= 0.6 is 0 Å². The molecule has 1 aliphatic rings. The molecule has 0 unspecified atom stereocenters. The lowest BCUT2D eigenvalue weighted by molar-refractivity contribution is 0.0122. The first-order valence-electron chi connectivity index (χ1n) is 7.08. The minimum absolute atomic E-state index is 0.0449. The fourth-order valence-corrected chi connectivity index (χ4v) is 2.16. The molecule has 6 heteroatoms. The van der Waals surface area contributed by atoms with E-state index in [0.717, 1.165) is 6.42 Å². The van der Waals surface area contributed by atoms with Crippen molar-refractivity contribution in [3.63, 3.8) is 0 Å². The maximum Gasteiger partial charge on any atom is 0.410 e. The van der Waals surface area contributed by atoms with Gasteiger partial charge in [-0.1, -0.05) is 0 Å². The number of aliphatic hydroxyl groups excluding tert-OH is 1. The summed E-state index contributed by atoms with van der Waals surface area (Å²) in [4.78, 5) is 13.6. The number of carbonyl (C=O) groups is 1. The lowest BCUT2D eigenvalue weighted by Crippen LogP contribution is -2.41. The summed E-state index contributed by atoms with van der Waals surface area (Å²) in [5.41, 5.74) is -0.533. The van der Waals surface area contributed by atoms with E-state index < -0.39 is 5.60 Å². The van der Waals surface area contributed by atoms with E-state index in [-0.39, 0.29) is 24.8 Å². The van der Waals surface area contributed by atoms with E-state index >= 15 is 0 Å². The molecule has 0 aromatic rings. The van der Waals surface area contributed by atoms with Crippen molar-refractivity contribution in [3.8, 4) is 0 Å². The fraction of sp³-hybridized carbons (Fsp3) is 0.929. The van der Waals surface area contributed by atoms with Crippen molar-refractivity contribution in [2.75, 3.05) is 33.5 Å². The Hall–Kier alpha value is -0.850. The first kappa shape index (κ1) is 17.2. The normalized spacial score (nSPS) is 23.1. The van der Waals surface area contributed by atoms with Crippen molar-refractivity contribution in [2.45, 2.75) is 51.4 Å². The molecule has 1 heterocycles. The average molecular weight is 289 g/mol. The van der Waals surface area contributed by atoms with Gasteiger partial charge in [-0.25, -0.2) is 4.79 Å². The molecule has 0 aromatic heterocycles. The maximum atomic E-state index is 12.1. The van der Waals surface area contributed by atoms with Gasteiger partial charge < -0.3 is 24.2 Å². The van der Waals surface area contributed by atoms with Crippen LogP contribution in [0.3, 0.4) is 0 Å². The van der Waals surface area contributed by atoms with Gasteiger partial charge >= 0.3 is 6.09 Å². The van der Waals surface area contributed by atoms with Gasteiger partial charge in [0, 0.05) is 20.3 Å². The minimum atomic E-state index is -0.533. The van der Waals surface area contributed by atoms with E-state index in [1.54, 1.807) is 12.0 Å². The number of nitrogens with zero attached hydrogens (tertiary/aromatic N) is 1. The summed E-state index contributed by atoms with van der Waals surface area (Å²) in [5.74, 6) is 0. The molecule has 0 aromatic carbocycles. The highest BCUT2D eigenvalue weighted by atomic mass is 16.6. The number of methoxy groups -OCH3 is 1. The molecule has 0 spiro atoms. The van der Waals surface area contributed by atoms with Crippen LogP contribution in [-0.4, -0.2) is 67.3 Å². The van der Waals surface area contributed by atoms with Crippen LogP contribution in [0.4, 0.5) is 4.79 Å². The third kappa shape index (κ3) is 5.64. The highest BCUT2D eigenvalue weighted by Crippen LogP contribution is 2.23. The van der Waals surface area contributed by atoms with E-state index in [1.807, 2.05) is 20.8 Å². The number of likely N-dealkylation sites (tertiary alicyclic amines) is 1. The van der Waals surface area contributed by atoms with Gasteiger partial charge in [-0.05, 0) is 33.6 Å². The zero-order valence-electron chi connectivity index (χ0n) is 12.9. The topological polar surface area (TPSA) is 68.2 Å². The van der Waals surface area contributed by atoms with Crippen LogP contribution in [0.15, 0.2) is 0 Å². The smallest absolute Gasteiger partial charge is 0.410 e. The summed E-state index contributed by atoms with van der Waals surface area (Å²) >= 11 is 0. The standard InChI is InChI=1S/C14H27NO5/c1-14(2,3)20-13(17)15-9-12(8-11(15)10-16)19-7-5-6-18-4/h11-12,16H,5-10H2,1-4H3/t11-,12-/m1/s1. The Morgan fingerprint density at radius 3 is 2.60 bits per heavy atom. The summed E-state index contributed by atoms with van der Waals surface area (Å²) in [7, 11) is 1.65. The molecule has 0 aliphatic carbocycles. The van der Waals surface area contributed by atoms with Gasteiger partial charge in [-0.2, -0.15) is 0 Å². The summed E-state index contributed by atoms with van der Waals surface area (Å²) in [5, 5.41) is 9.39. The minimum Gasteiger partial charge on any atom is -0.444 e. The number of hydrogen-bond acceptors (Lipinski definition) is 5. The van der Waals surface area contributed by atoms with Gasteiger partial charge in [-0.15, -0.1) is 0 Å². The number of rotatable bonds is 6. The van der Waals surface area contributed by atoms with E-state index in [0.29, 0.717) is 26.2 Å². The van der Waals surface area contributed by atoms with E-state index in [9.17, 15) is 9.90 Å². The van der Waals surface area contributed by atoms with Gasteiger partial charge in [0.2, 0.25) is 0 Å². The molecule has 1 aliphatic heterocycles. The van der Waals surface area contributed by atoms with Gasteiger partial charge in [0.25, 0.3) is 0 Å². The van der Waals surface area contributed by atoms with Crippen LogP contribution < -0.4 is 0 Å². The van der Waals surface area contributed by atoms with Crippen LogP contribution in [0.2, 0.25) is 0 Å². The predicted octanol–water partition coefficient (Wildman–Crippen LogP) is 1.41. The monoisotopic (exact) mass is 289 g/mol. The molecule has 0 saturated carbocycles. The third-order valence-corrected chi connectivity index (χ3v) is 3.06. The molecule has 0 radical (unpaired) electrons. The van der Waals surface area contributed by atoms with Crippen LogP contribution in [0.5, 0.6) is 0 Å². The average Bonchev–Trinajstić information content (AvgIpc) is 2.76. The first-order valence-corrected chi connectivity index (χ1v) is 7.08. The van der Waals surface area contributed by atoms with Crippen molar-refractivity contribution >= 4 is 6.09 Å². The van der Waals surface area contributed by atoms with Gasteiger partial charge in [0.05, 0.1) is 25.3 Å². The molecule has 1 fully saturated rings. The lowest BCUT2D eigenvalue weighted by Gasteiger charge is -2.27. The summed E-state index contributed by atoms with van der Waals surface area (Å²) < 4.78 is 16.0. The Kier molecular flexibility index (Phi) is 6.71. The second-order valence-corrected chi connectivity index (χ2v) is 6.04. The van der Waals surface area contributed by atoms with Crippen molar-refractivity contribution in [1.82, 2.24) is 4.90 Å². The first-order chi connectivity index (χ1) is 9.37. The molecule has 0 bridgehead atoms. The second kappa shape index (κ2) is 7.81. The lowest BCUT2D eigenvalue weighted by atomic mass is 10.2. The van der Waals surface area contributed by atoms with Crippen molar-refractivity contribution in [1.29, 1.82) is 0 Å². The highest BCUT2D eigenvalue weighted by Gasteiger charge is 2.37. The van der Waals surface area contributed by atoms with E-state index in [2.05, 4.69) is 0 Å². The Morgan fingerprint density at radius 1 is 1.35 bits per heavy atom. The Bertz CT molecular complexity index is 302. The second-order valence-electron chi connectivity index (χ2n) is 6.04. The molecule has 1 N–H and O–H groups in total. The van der Waals surface area contributed by atoms with Crippen LogP contribution in [-0.2, 0) is 14.2 Å². The van der Waals surface area contributed by atoms with Crippen LogP contribution in [0.1, 0.15) is 33.6 Å². The fourth-order valence-electron chi connectivity index (χ4n) is 2.16. The summed E-state index contributed by atoms with van der Waals surface area (Å²) in [6.45, 7) is 7.13. The molecular formula is C14H27NO5. The van der Waals surface area contributed by atoms with Crippen molar-refractivity contribution in [3.05, 3.63) is 0 Å². The zero-order chi connectivity index (χ0) is 15.2. The number of carbonyl (C=O) groups excluding carboxylic acids is 1. The maximum absolute atomic E-state index is 12.1. The molecule has 1 amide bonds. The number of hydrogen-bond donors (Lipinski definition) is 1. The summed E-state index contributed by atoms with van der Waals surface area (Å²) in [6.07, 6.45) is 1.03. The van der Waals surface area contributed by atoms with Gasteiger partial charge in [0.1, 0.15) is 5.60 Å². The Labute approximate surface area is 121 Å². The number of aliphatic hydroxyl groups is 1. The molecule has 1 saturated heterocycles. The predicted molar refractivity (Wildman–Crippen MR) is 74.7 cm³/mol. The third-order valence-electron chi connectivity index (χ3n) is 3.06. The highest BCUT2D eigenvalue weighted by molar-refractivity contribution is 5.69. The van der Waals surface area contributed by atoms with Crippen molar-refractivity contribution < 1.29 is 24.1 Å². The molecule has 2 atom stereocenters. The number of amides is 1. The molecule has 20 heavy (non-hydrogen) atoms. The Morgan fingerprint density at radius 2 is 2.05 bits per heavy atom. The largest absolute Gasteiger partial charge is 0.444 e. The van der Waals surface area contributed by atoms with E-state index in [1.165, 1.54) is 0 Å². The van der Waals surface area contributed by atoms with Gasteiger partial charge in [-0.3, -0.25) is 0 Å². The SMILES string of the molecule is COCCCO[C@@H]1C[C@H](CO)N(C(=O)OC(C)(C)C)C1. The zero-order valence-corrected chi connectivity index (χ0v) is 12.9. The molecule has 6 nitrogen and oxygen atoms in total. The van der Waals surface area contributed by atoms with E-state index in [4.69, 9.17) is 14.2 Å². The molecule has 118 valence electrons. The number of ether oxygens (including phenoxy) is 3. The molecule has 1 rings (SSSR count). The van der Waals surface area contributed by atoms with Crippen LogP contribution in [0.25, 0.3) is 0 Å². The Balaban J connectivity index is 2.45. The van der Waals surface area contributed by atoms with Crippen LogP contribution in [0, 0.1) is 0 Å².